The Hall–Kier alpha value is -0.536. The minimum atomic E-state index is -1.89. The molecule has 0 N–H and O–H groups in total. The standard InChI is InChI=1S/C14H29NOSi2/c1-12(17(5,6)7)10-13(11-15)16-18(8,9)14(2,3)4/h10,12H,1-9H3/b13-10-. The van der Waals surface area contributed by atoms with Gasteiger partial charge in [0.05, 0.1) is 8.07 Å². The summed E-state index contributed by atoms with van der Waals surface area (Å²) >= 11 is 0. The first kappa shape index (κ1) is 17.5. The quantitative estimate of drug-likeness (QED) is 0.406. The Kier molecular flexibility index (Phi) is 5.45. The van der Waals surface area contributed by atoms with Gasteiger partial charge in [0.1, 0.15) is 6.07 Å². The lowest BCUT2D eigenvalue weighted by molar-refractivity contribution is 0.401. The lowest BCUT2D eigenvalue weighted by atomic mass is 10.2. The molecule has 0 fully saturated rings. The van der Waals surface area contributed by atoms with E-state index in [9.17, 15) is 5.26 Å². The van der Waals surface area contributed by atoms with Crippen molar-refractivity contribution < 1.29 is 4.43 Å². The number of nitrogens with zero attached hydrogens (tertiary/aromatic N) is 1. The van der Waals surface area contributed by atoms with Crippen LogP contribution in [0.3, 0.4) is 0 Å². The molecular weight excluding hydrogens is 254 g/mol. The first-order valence-electron chi connectivity index (χ1n) is 6.62. The summed E-state index contributed by atoms with van der Waals surface area (Å²) in [5, 5.41) is 9.39. The van der Waals surface area contributed by atoms with E-state index in [1.165, 1.54) is 0 Å². The van der Waals surface area contributed by atoms with Crippen molar-refractivity contribution >= 4 is 16.4 Å². The second kappa shape index (κ2) is 5.62. The molecule has 104 valence electrons. The predicted molar refractivity (Wildman–Crippen MR) is 84.7 cm³/mol. The molecule has 0 aliphatic heterocycles. The number of hydrogen-bond acceptors (Lipinski definition) is 2. The molecular formula is C14H29NOSi2. The summed E-state index contributed by atoms with van der Waals surface area (Å²) in [7, 11) is -3.14. The largest absolute Gasteiger partial charge is 0.537 e. The van der Waals surface area contributed by atoms with Gasteiger partial charge in [-0.05, 0) is 29.7 Å². The van der Waals surface area contributed by atoms with Crippen LogP contribution >= 0.6 is 0 Å². The predicted octanol–water partition coefficient (Wildman–Crippen LogP) is 5.14. The molecule has 0 aromatic rings. The number of hydrogen-bond donors (Lipinski definition) is 0. The molecule has 0 saturated heterocycles. The Bertz CT molecular complexity index is 353. The molecule has 0 amide bonds. The molecule has 0 aromatic carbocycles. The van der Waals surface area contributed by atoms with Crippen molar-refractivity contribution in [1.29, 1.82) is 5.26 Å². The molecule has 4 heteroatoms. The molecule has 0 spiro atoms. The van der Waals surface area contributed by atoms with Crippen LogP contribution in [0, 0.1) is 11.3 Å². The molecule has 0 bridgehead atoms. The van der Waals surface area contributed by atoms with Crippen molar-refractivity contribution in [1.82, 2.24) is 0 Å². The number of rotatable bonds is 4. The van der Waals surface area contributed by atoms with Crippen LogP contribution in [0.1, 0.15) is 27.7 Å². The average Bonchev–Trinajstić information content (AvgIpc) is 2.12. The van der Waals surface area contributed by atoms with Gasteiger partial charge >= 0.3 is 0 Å². The van der Waals surface area contributed by atoms with Gasteiger partial charge in [-0.3, -0.25) is 0 Å². The van der Waals surface area contributed by atoms with Crippen LogP contribution in [0.25, 0.3) is 0 Å². The van der Waals surface area contributed by atoms with E-state index in [0.717, 1.165) is 0 Å². The van der Waals surface area contributed by atoms with E-state index >= 15 is 0 Å². The molecule has 1 unspecified atom stereocenters. The third-order valence-electron chi connectivity index (χ3n) is 4.05. The summed E-state index contributed by atoms with van der Waals surface area (Å²) in [5.41, 5.74) is 0.455. The molecule has 2 nitrogen and oxygen atoms in total. The van der Waals surface area contributed by atoms with Gasteiger partial charge in [-0.1, -0.05) is 47.3 Å². The van der Waals surface area contributed by atoms with Crippen molar-refractivity contribution in [3.05, 3.63) is 11.8 Å². The molecule has 0 radical (unpaired) electrons. The number of nitriles is 1. The lowest BCUT2D eigenvalue weighted by Crippen LogP contribution is -2.40. The maximum absolute atomic E-state index is 9.26. The van der Waals surface area contributed by atoms with Crippen LogP contribution in [0.5, 0.6) is 0 Å². The van der Waals surface area contributed by atoms with Crippen LogP contribution in [0.2, 0.25) is 43.3 Å². The zero-order valence-electron chi connectivity index (χ0n) is 13.5. The van der Waals surface area contributed by atoms with Gasteiger partial charge < -0.3 is 4.43 Å². The Balaban J connectivity index is 5.07. The molecule has 0 aromatic heterocycles. The first-order valence-corrected chi connectivity index (χ1v) is 13.1. The molecule has 0 aliphatic carbocycles. The van der Waals surface area contributed by atoms with E-state index < -0.39 is 16.4 Å². The van der Waals surface area contributed by atoms with E-state index in [2.05, 4.69) is 66.5 Å². The Morgan fingerprint density at radius 1 is 1.17 bits per heavy atom. The third kappa shape index (κ3) is 4.99. The van der Waals surface area contributed by atoms with Crippen LogP contribution in [-0.2, 0) is 4.43 Å². The zero-order valence-corrected chi connectivity index (χ0v) is 15.5. The van der Waals surface area contributed by atoms with Gasteiger partial charge in [-0.2, -0.15) is 5.26 Å². The van der Waals surface area contributed by atoms with Gasteiger partial charge in [0.15, 0.2) is 5.76 Å². The van der Waals surface area contributed by atoms with E-state index in [1.807, 2.05) is 6.08 Å². The Labute approximate surface area is 115 Å². The molecule has 0 heterocycles. The second-order valence-corrected chi connectivity index (χ2v) is 18.0. The topological polar surface area (TPSA) is 33.0 Å². The fourth-order valence-corrected chi connectivity index (χ4v) is 2.62. The van der Waals surface area contributed by atoms with E-state index in [1.54, 1.807) is 0 Å². The van der Waals surface area contributed by atoms with E-state index in [4.69, 9.17) is 4.43 Å². The van der Waals surface area contributed by atoms with Crippen LogP contribution in [0.15, 0.2) is 11.8 Å². The highest BCUT2D eigenvalue weighted by atomic mass is 28.4. The molecule has 0 rings (SSSR count). The van der Waals surface area contributed by atoms with Gasteiger partial charge in [0.25, 0.3) is 8.32 Å². The molecule has 0 aliphatic rings. The first-order chi connectivity index (χ1) is 7.81. The van der Waals surface area contributed by atoms with Crippen molar-refractivity contribution in [2.45, 2.75) is 71.0 Å². The fraction of sp³-hybridized carbons (Fsp3) is 0.786. The Morgan fingerprint density at radius 3 is 1.89 bits per heavy atom. The van der Waals surface area contributed by atoms with Crippen molar-refractivity contribution in [3.8, 4) is 6.07 Å². The Morgan fingerprint density at radius 2 is 1.61 bits per heavy atom. The zero-order chi connectivity index (χ0) is 14.8. The highest BCUT2D eigenvalue weighted by Gasteiger charge is 2.39. The van der Waals surface area contributed by atoms with Crippen LogP contribution in [0.4, 0.5) is 0 Å². The van der Waals surface area contributed by atoms with Crippen LogP contribution in [-0.4, -0.2) is 16.4 Å². The van der Waals surface area contributed by atoms with Gasteiger partial charge in [-0.15, -0.1) is 0 Å². The maximum atomic E-state index is 9.26. The second-order valence-electron chi connectivity index (χ2n) is 7.66. The highest BCUT2D eigenvalue weighted by molar-refractivity contribution is 6.78. The summed E-state index contributed by atoms with van der Waals surface area (Å²) in [6.45, 7) is 20.1. The van der Waals surface area contributed by atoms with Gasteiger partial charge in [-0.25, -0.2) is 0 Å². The van der Waals surface area contributed by atoms with E-state index in [0.29, 0.717) is 11.3 Å². The molecule has 0 saturated carbocycles. The smallest absolute Gasteiger partial charge is 0.251 e. The lowest BCUT2D eigenvalue weighted by Gasteiger charge is -2.36. The summed E-state index contributed by atoms with van der Waals surface area (Å²) in [6.07, 6.45) is 2.03. The molecule has 18 heavy (non-hydrogen) atoms. The summed E-state index contributed by atoms with van der Waals surface area (Å²) < 4.78 is 6.08. The average molecular weight is 284 g/mol. The SMILES string of the molecule is CC(/C=C(/C#N)O[Si](C)(C)C(C)(C)C)[Si](C)(C)C. The monoisotopic (exact) mass is 283 g/mol. The van der Waals surface area contributed by atoms with Crippen molar-refractivity contribution in [2.24, 2.45) is 0 Å². The van der Waals surface area contributed by atoms with Crippen molar-refractivity contribution in [2.75, 3.05) is 0 Å². The minimum Gasteiger partial charge on any atom is -0.537 e. The van der Waals surface area contributed by atoms with Crippen molar-refractivity contribution in [3.63, 3.8) is 0 Å². The minimum absolute atomic E-state index is 0.130. The maximum Gasteiger partial charge on any atom is 0.251 e. The van der Waals surface area contributed by atoms with Gasteiger partial charge in [0.2, 0.25) is 0 Å². The third-order valence-corrected chi connectivity index (χ3v) is 11.3. The number of allylic oxidation sites excluding steroid dienone is 2. The summed E-state index contributed by atoms with van der Waals surface area (Å²) in [5.74, 6) is 0.525. The summed E-state index contributed by atoms with van der Waals surface area (Å²) in [4.78, 5) is 0. The molecule has 1 atom stereocenters. The fourth-order valence-electron chi connectivity index (χ4n) is 0.999. The highest BCUT2D eigenvalue weighted by Crippen LogP contribution is 2.38. The summed E-state index contributed by atoms with van der Waals surface area (Å²) in [6, 6.07) is 2.23. The van der Waals surface area contributed by atoms with Gasteiger partial charge in [0, 0.05) is 0 Å². The normalized spacial score (nSPS) is 16.1. The van der Waals surface area contributed by atoms with E-state index in [-0.39, 0.29) is 5.04 Å². The van der Waals surface area contributed by atoms with Crippen LogP contribution < -0.4 is 0 Å².